The number of amides is 1. The molecule has 1 aromatic carbocycles. The van der Waals surface area contributed by atoms with Gasteiger partial charge < -0.3 is 29.0 Å². The lowest BCUT2D eigenvalue weighted by Crippen LogP contribution is -2.43. The zero-order valence-electron chi connectivity index (χ0n) is 16.9. The predicted octanol–water partition coefficient (Wildman–Crippen LogP) is 1.41. The molecule has 1 aromatic rings. The second kappa shape index (κ2) is 9.95. The van der Waals surface area contributed by atoms with Crippen LogP contribution in [0.25, 0.3) is 0 Å². The fraction of sp³-hybridized carbons (Fsp3) is 0.650. The van der Waals surface area contributed by atoms with Crippen LogP contribution >= 0.6 is 0 Å². The Bertz CT molecular complexity index is 654. The number of rotatable bonds is 8. The van der Waals surface area contributed by atoms with Crippen LogP contribution in [0.4, 0.5) is 0 Å². The molecule has 0 spiro atoms. The highest BCUT2D eigenvalue weighted by Crippen LogP contribution is 2.34. The van der Waals surface area contributed by atoms with Crippen LogP contribution in [-0.2, 0) is 20.8 Å². The first-order valence-corrected chi connectivity index (χ1v) is 9.65. The average Bonchev–Trinajstić information content (AvgIpc) is 3.27. The van der Waals surface area contributed by atoms with Crippen molar-refractivity contribution >= 4 is 5.91 Å². The van der Waals surface area contributed by atoms with Gasteiger partial charge in [-0.3, -0.25) is 9.69 Å². The average molecular weight is 394 g/mol. The molecular formula is C20H30N2O6. The first kappa shape index (κ1) is 20.7. The van der Waals surface area contributed by atoms with E-state index in [1.54, 1.807) is 27.4 Å². The first-order valence-electron chi connectivity index (χ1n) is 9.65. The van der Waals surface area contributed by atoms with Crippen LogP contribution in [0.5, 0.6) is 17.2 Å². The van der Waals surface area contributed by atoms with E-state index in [4.69, 9.17) is 23.7 Å². The predicted molar refractivity (Wildman–Crippen MR) is 103 cm³/mol. The second-order valence-electron chi connectivity index (χ2n) is 7.02. The highest BCUT2D eigenvalue weighted by atomic mass is 16.7. The smallest absolute Gasteiger partial charge is 0.234 e. The molecule has 156 valence electrons. The first-order chi connectivity index (χ1) is 13.6. The Morgan fingerprint density at radius 3 is 2.25 bits per heavy atom. The van der Waals surface area contributed by atoms with Crippen molar-refractivity contribution in [2.45, 2.75) is 25.7 Å². The van der Waals surface area contributed by atoms with Crippen molar-refractivity contribution in [3.63, 3.8) is 0 Å². The number of hydrogen-bond acceptors (Lipinski definition) is 7. The van der Waals surface area contributed by atoms with Crippen LogP contribution in [0.1, 0.15) is 18.4 Å². The van der Waals surface area contributed by atoms with Crippen LogP contribution < -0.4 is 19.5 Å². The Kier molecular flexibility index (Phi) is 7.36. The molecule has 2 heterocycles. The summed E-state index contributed by atoms with van der Waals surface area (Å²) < 4.78 is 27.2. The van der Waals surface area contributed by atoms with Gasteiger partial charge in [0.25, 0.3) is 0 Å². The number of carbonyl (C=O) groups excluding carboxylic acids is 1. The molecule has 3 rings (SSSR count). The summed E-state index contributed by atoms with van der Waals surface area (Å²) in [5.74, 6) is 2.26. The Morgan fingerprint density at radius 2 is 1.64 bits per heavy atom. The maximum absolute atomic E-state index is 12.4. The van der Waals surface area contributed by atoms with Crippen molar-refractivity contribution in [1.82, 2.24) is 10.2 Å². The molecule has 8 heteroatoms. The van der Waals surface area contributed by atoms with Gasteiger partial charge in [-0.15, -0.1) is 0 Å². The van der Waals surface area contributed by atoms with Gasteiger partial charge in [-0.1, -0.05) is 0 Å². The standard InChI is InChI=1S/C20H30N2O6/c1-24-16-11-18(26-3)17(25-2)10-15(16)12-21-19(23)13-22-6-4-14(5-7-22)20-27-8-9-28-20/h10-11,14,20H,4-9,12-13H2,1-3H3,(H,21,23). The summed E-state index contributed by atoms with van der Waals surface area (Å²) >= 11 is 0. The second-order valence-corrected chi connectivity index (χ2v) is 7.02. The van der Waals surface area contributed by atoms with Gasteiger partial charge in [0.2, 0.25) is 5.91 Å². The minimum Gasteiger partial charge on any atom is -0.496 e. The number of hydrogen-bond donors (Lipinski definition) is 1. The monoisotopic (exact) mass is 394 g/mol. The molecule has 2 aliphatic rings. The molecule has 2 saturated heterocycles. The molecule has 0 radical (unpaired) electrons. The number of likely N-dealkylation sites (tertiary alicyclic amines) is 1. The third-order valence-corrected chi connectivity index (χ3v) is 5.29. The molecule has 0 atom stereocenters. The van der Waals surface area contributed by atoms with Crippen LogP contribution in [0, 0.1) is 5.92 Å². The van der Waals surface area contributed by atoms with Crippen molar-refractivity contribution in [3.05, 3.63) is 17.7 Å². The number of ether oxygens (including phenoxy) is 5. The summed E-state index contributed by atoms with van der Waals surface area (Å²) in [5.41, 5.74) is 0.836. The summed E-state index contributed by atoms with van der Waals surface area (Å²) in [7, 11) is 4.75. The molecule has 8 nitrogen and oxygen atoms in total. The summed E-state index contributed by atoms with van der Waals surface area (Å²) in [6, 6.07) is 3.59. The van der Waals surface area contributed by atoms with Crippen LogP contribution in [0.2, 0.25) is 0 Å². The highest BCUT2D eigenvalue weighted by Gasteiger charge is 2.30. The number of benzene rings is 1. The molecule has 1 amide bonds. The van der Waals surface area contributed by atoms with Gasteiger partial charge in [-0.2, -0.15) is 0 Å². The van der Waals surface area contributed by atoms with E-state index in [2.05, 4.69) is 10.2 Å². The van der Waals surface area contributed by atoms with Crippen LogP contribution in [-0.4, -0.2) is 71.3 Å². The van der Waals surface area contributed by atoms with E-state index in [1.165, 1.54) is 0 Å². The van der Waals surface area contributed by atoms with E-state index >= 15 is 0 Å². The Labute approximate surface area is 166 Å². The minimum absolute atomic E-state index is 0.0105. The van der Waals surface area contributed by atoms with Gasteiger partial charge in [0.15, 0.2) is 17.8 Å². The highest BCUT2D eigenvalue weighted by molar-refractivity contribution is 5.78. The largest absolute Gasteiger partial charge is 0.496 e. The third kappa shape index (κ3) is 5.06. The number of methoxy groups -OCH3 is 3. The van der Waals surface area contributed by atoms with Crippen molar-refractivity contribution < 1.29 is 28.5 Å². The van der Waals surface area contributed by atoms with Gasteiger partial charge in [-0.05, 0) is 32.0 Å². The van der Waals surface area contributed by atoms with Gasteiger partial charge >= 0.3 is 0 Å². The summed E-state index contributed by atoms with van der Waals surface area (Å²) in [6.07, 6.45) is 1.91. The topological polar surface area (TPSA) is 78.5 Å². The SMILES string of the molecule is COc1cc(OC)c(OC)cc1CNC(=O)CN1CCC(C2OCCO2)CC1. The quantitative estimate of drug-likeness (QED) is 0.714. The van der Waals surface area contributed by atoms with Crippen molar-refractivity contribution in [2.75, 3.05) is 54.2 Å². The molecule has 0 aliphatic carbocycles. The number of nitrogens with zero attached hydrogens (tertiary/aromatic N) is 1. The third-order valence-electron chi connectivity index (χ3n) is 5.29. The molecule has 0 unspecified atom stereocenters. The minimum atomic E-state index is -0.0616. The summed E-state index contributed by atoms with van der Waals surface area (Å²) in [6.45, 7) is 3.87. The molecule has 0 bridgehead atoms. The van der Waals surface area contributed by atoms with Crippen LogP contribution in [0.15, 0.2) is 12.1 Å². The van der Waals surface area contributed by atoms with Crippen LogP contribution in [0.3, 0.4) is 0 Å². The molecular weight excluding hydrogens is 364 g/mol. The van der Waals surface area contributed by atoms with Crippen molar-refractivity contribution in [1.29, 1.82) is 0 Å². The van der Waals surface area contributed by atoms with E-state index in [0.29, 0.717) is 49.5 Å². The van der Waals surface area contributed by atoms with E-state index in [-0.39, 0.29) is 12.2 Å². The molecule has 2 fully saturated rings. The van der Waals surface area contributed by atoms with Gasteiger partial charge in [-0.25, -0.2) is 0 Å². The summed E-state index contributed by atoms with van der Waals surface area (Å²) in [4.78, 5) is 14.6. The Morgan fingerprint density at radius 1 is 1.04 bits per heavy atom. The zero-order chi connectivity index (χ0) is 19.9. The molecule has 28 heavy (non-hydrogen) atoms. The lowest BCUT2D eigenvalue weighted by atomic mass is 9.96. The molecule has 0 saturated carbocycles. The van der Waals surface area contributed by atoms with Gasteiger partial charge in [0.05, 0.1) is 41.1 Å². The fourth-order valence-corrected chi connectivity index (χ4v) is 3.72. The number of nitrogens with one attached hydrogen (secondary N) is 1. The van der Waals surface area contributed by atoms with Crippen molar-refractivity contribution in [3.8, 4) is 17.2 Å². The Hall–Kier alpha value is -2.03. The van der Waals surface area contributed by atoms with E-state index < -0.39 is 0 Å². The maximum Gasteiger partial charge on any atom is 0.234 e. The summed E-state index contributed by atoms with van der Waals surface area (Å²) in [5, 5.41) is 2.97. The lowest BCUT2D eigenvalue weighted by Gasteiger charge is -2.33. The molecule has 2 aliphatic heterocycles. The van der Waals surface area contributed by atoms with E-state index in [9.17, 15) is 4.79 Å². The Balaban J connectivity index is 1.48. The number of piperidine rings is 1. The zero-order valence-corrected chi connectivity index (χ0v) is 16.9. The molecule has 1 N–H and O–H groups in total. The molecule has 0 aromatic heterocycles. The van der Waals surface area contributed by atoms with Gasteiger partial charge in [0.1, 0.15) is 5.75 Å². The van der Waals surface area contributed by atoms with E-state index in [1.807, 2.05) is 6.07 Å². The van der Waals surface area contributed by atoms with Crippen molar-refractivity contribution in [2.24, 2.45) is 5.92 Å². The van der Waals surface area contributed by atoms with Gasteiger partial charge in [0, 0.05) is 24.1 Å². The number of carbonyl (C=O) groups is 1. The van der Waals surface area contributed by atoms with E-state index in [0.717, 1.165) is 31.5 Å². The normalized spacial score (nSPS) is 18.8. The lowest BCUT2D eigenvalue weighted by molar-refractivity contribution is -0.124. The fourth-order valence-electron chi connectivity index (χ4n) is 3.72. The maximum atomic E-state index is 12.4.